The van der Waals surface area contributed by atoms with Crippen LogP contribution in [0.1, 0.15) is 35.6 Å². The van der Waals surface area contributed by atoms with Crippen molar-refractivity contribution in [1.82, 2.24) is 14.9 Å². The second-order valence-corrected chi connectivity index (χ2v) is 8.14. The summed E-state index contributed by atoms with van der Waals surface area (Å²) < 4.78 is 6.65. The highest BCUT2D eigenvalue weighted by atomic mass is 16.6. The molecule has 4 heterocycles. The van der Waals surface area contributed by atoms with E-state index in [-0.39, 0.29) is 48.6 Å². The Labute approximate surface area is 182 Å². The van der Waals surface area contributed by atoms with E-state index in [4.69, 9.17) is 14.8 Å². The maximum absolute atomic E-state index is 13.2. The monoisotopic (exact) mass is 437 g/mol. The van der Waals surface area contributed by atoms with Crippen molar-refractivity contribution < 1.29 is 24.9 Å². The average Bonchev–Trinajstić information content (AvgIpc) is 3.15. The lowest BCUT2D eigenvalue weighted by molar-refractivity contribution is -0.172. The molecule has 2 aliphatic heterocycles. The topological polar surface area (TPSA) is 134 Å². The number of cyclic esters (lactones) is 1. The fourth-order valence-electron chi connectivity index (χ4n) is 4.53. The fraction of sp³-hybridized carbons (Fsp3) is 0.348. The Morgan fingerprint density at radius 1 is 1.28 bits per heavy atom. The Kier molecular flexibility index (Phi) is 4.77. The molecule has 3 aromatic rings. The number of rotatable bonds is 5. The van der Waals surface area contributed by atoms with Crippen molar-refractivity contribution in [2.24, 2.45) is 0 Å². The maximum atomic E-state index is 13.2. The standard InChI is InChI=1S/C23H23N3O6/c1-2-23(31)16-8-18-19-13(10-26(18)21(29)15(16)11-32-22(23)30)7-14-17(25-19)4-3-12(20(14)28)9-24-5-6-27/h3-4,7-8,24,27-28,31H,2,5-6,9-11H2,1H3. The van der Waals surface area contributed by atoms with Gasteiger partial charge in [-0.2, -0.15) is 0 Å². The lowest BCUT2D eigenvalue weighted by Gasteiger charge is -2.31. The number of ether oxygens (including phenoxy) is 1. The van der Waals surface area contributed by atoms with Crippen molar-refractivity contribution in [3.8, 4) is 17.1 Å². The molecule has 0 fully saturated rings. The number of aromatic hydroxyl groups is 1. The van der Waals surface area contributed by atoms with Gasteiger partial charge in [0.25, 0.3) is 5.56 Å². The van der Waals surface area contributed by atoms with Crippen LogP contribution in [0.2, 0.25) is 0 Å². The fourth-order valence-corrected chi connectivity index (χ4v) is 4.53. The third-order valence-corrected chi connectivity index (χ3v) is 6.35. The highest BCUT2D eigenvalue weighted by Crippen LogP contribution is 2.39. The number of phenols is 1. The molecule has 0 amide bonds. The zero-order chi connectivity index (χ0) is 22.6. The molecule has 0 radical (unpaired) electrons. The summed E-state index contributed by atoms with van der Waals surface area (Å²) in [6.45, 7) is 2.58. The maximum Gasteiger partial charge on any atom is 0.343 e. The van der Waals surface area contributed by atoms with Gasteiger partial charge in [-0.05, 0) is 24.6 Å². The highest BCUT2D eigenvalue weighted by Gasteiger charge is 2.45. The first-order valence-electron chi connectivity index (χ1n) is 10.5. The minimum Gasteiger partial charge on any atom is -0.507 e. The van der Waals surface area contributed by atoms with Crippen LogP contribution in [0.3, 0.4) is 0 Å². The van der Waals surface area contributed by atoms with E-state index < -0.39 is 11.6 Å². The first-order chi connectivity index (χ1) is 15.4. The Bertz CT molecular complexity index is 1330. The van der Waals surface area contributed by atoms with E-state index >= 15 is 0 Å². The van der Waals surface area contributed by atoms with Gasteiger partial charge in [0.2, 0.25) is 0 Å². The van der Waals surface area contributed by atoms with Gasteiger partial charge in [0.1, 0.15) is 12.4 Å². The number of nitrogens with one attached hydrogen (secondary N) is 1. The molecule has 2 aromatic heterocycles. The number of carbonyl (C=O) groups excluding carboxylic acids is 1. The van der Waals surface area contributed by atoms with Gasteiger partial charge < -0.3 is 29.9 Å². The number of aliphatic hydroxyl groups excluding tert-OH is 1. The molecular formula is C23H23N3O6. The van der Waals surface area contributed by atoms with Gasteiger partial charge in [-0.25, -0.2) is 9.78 Å². The minimum atomic E-state index is -1.86. The molecule has 0 aliphatic carbocycles. The average molecular weight is 437 g/mol. The van der Waals surface area contributed by atoms with Gasteiger partial charge in [-0.15, -0.1) is 0 Å². The van der Waals surface area contributed by atoms with Crippen LogP contribution in [0.25, 0.3) is 22.3 Å². The molecule has 4 N–H and O–H groups in total. The van der Waals surface area contributed by atoms with Gasteiger partial charge in [0, 0.05) is 35.2 Å². The number of nitrogens with zero attached hydrogens (tertiary/aromatic N) is 2. The zero-order valence-corrected chi connectivity index (χ0v) is 17.5. The molecular weight excluding hydrogens is 414 g/mol. The highest BCUT2D eigenvalue weighted by molar-refractivity contribution is 5.90. The number of carbonyl (C=O) groups is 1. The quantitative estimate of drug-likeness (QED) is 0.267. The van der Waals surface area contributed by atoms with Crippen LogP contribution in [-0.2, 0) is 34.8 Å². The number of phenolic OH excluding ortho intramolecular Hbond substituents is 1. The third-order valence-electron chi connectivity index (χ3n) is 6.35. The molecule has 2 aliphatic rings. The number of pyridine rings is 2. The van der Waals surface area contributed by atoms with E-state index in [1.165, 1.54) is 0 Å². The first kappa shape index (κ1) is 20.6. The van der Waals surface area contributed by atoms with Crippen LogP contribution in [-0.4, -0.2) is 44.0 Å². The second kappa shape index (κ2) is 7.40. The van der Waals surface area contributed by atoms with Gasteiger partial charge in [0.05, 0.1) is 35.6 Å². The number of aliphatic hydroxyl groups is 2. The lowest BCUT2D eigenvalue weighted by atomic mass is 9.86. The van der Waals surface area contributed by atoms with Gasteiger partial charge in [-0.1, -0.05) is 13.0 Å². The van der Waals surface area contributed by atoms with Gasteiger partial charge >= 0.3 is 5.97 Å². The molecule has 1 aromatic carbocycles. The van der Waals surface area contributed by atoms with E-state index in [2.05, 4.69) is 5.32 Å². The smallest absolute Gasteiger partial charge is 0.343 e. The number of hydrogen-bond donors (Lipinski definition) is 4. The molecule has 0 saturated heterocycles. The van der Waals surface area contributed by atoms with Crippen LogP contribution in [0.15, 0.2) is 29.1 Å². The van der Waals surface area contributed by atoms with Crippen LogP contribution < -0.4 is 10.9 Å². The first-order valence-corrected chi connectivity index (χ1v) is 10.5. The molecule has 1 unspecified atom stereocenters. The molecule has 0 bridgehead atoms. The van der Waals surface area contributed by atoms with Crippen LogP contribution >= 0.6 is 0 Å². The summed E-state index contributed by atoms with van der Waals surface area (Å²) in [5, 5.41) is 34.2. The van der Waals surface area contributed by atoms with Gasteiger partial charge in [-0.3, -0.25) is 4.79 Å². The number of aromatic nitrogens is 2. The lowest BCUT2D eigenvalue weighted by Crippen LogP contribution is -2.44. The molecule has 32 heavy (non-hydrogen) atoms. The summed E-state index contributed by atoms with van der Waals surface area (Å²) in [6.07, 6.45) is 0.0840. The van der Waals surface area contributed by atoms with E-state index in [0.29, 0.717) is 40.9 Å². The summed E-state index contributed by atoms with van der Waals surface area (Å²) in [4.78, 5) is 30.2. The molecule has 1 atom stereocenters. The van der Waals surface area contributed by atoms with Crippen molar-refractivity contribution in [2.45, 2.75) is 38.6 Å². The van der Waals surface area contributed by atoms with Crippen LogP contribution in [0.5, 0.6) is 5.75 Å². The van der Waals surface area contributed by atoms with Crippen molar-refractivity contribution >= 4 is 16.9 Å². The Morgan fingerprint density at radius 3 is 2.84 bits per heavy atom. The minimum absolute atomic E-state index is 0.00415. The molecule has 0 saturated carbocycles. The van der Waals surface area contributed by atoms with E-state index in [1.54, 1.807) is 29.7 Å². The predicted molar refractivity (Wildman–Crippen MR) is 115 cm³/mol. The summed E-state index contributed by atoms with van der Waals surface area (Å²) in [5.41, 5.74) is 1.48. The normalized spacial score (nSPS) is 18.9. The van der Waals surface area contributed by atoms with E-state index in [0.717, 1.165) is 5.56 Å². The van der Waals surface area contributed by atoms with Crippen molar-refractivity contribution in [3.63, 3.8) is 0 Å². The largest absolute Gasteiger partial charge is 0.507 e. The summed E-state index contributed by atoms with van der Waals surface area (Å²) in [5.74, 6) is -0.654. The third kappa shape index (κ3) is 2.85. The molecule has 9 nitrogen and oxygen atoms in total. The van der Waals surface area contributed by atoms with Crippen LogP contribution in [0.4, 0.5) is 0 Å². The SMILES string of the molecule is CCC1(O)C(=O)OCc2c1cc1n(c2=O)Cc2cc3c(O)c(CNCCO)ccc3nc2-1. The predicted octanol–water partition coefficient (Wildman–Crippen LogP) is 0.867. The number of esters is 1. The molecule has 9 heteroatoms. The van der Waals surface area contributed by atoms with Gasteiger partial charge in [0.15, 0.2) is 5.60 Å². The van der Waals surface area contributed by atoms with Crippen molar-refractivity contribution in [2.75, 3.05) is 13.2 Å². The zero-order valence-electron chi connectivity index (χ0n) is 17.5. The molecule has 0 spiro atoms. The van der Waals surface area contributed by atoms with Crippen LogP contribution in [0, 0.1) is 0 Å². The van der Waals surface area contributed by atoms with E-state index in [9.17, 15) is 19.8 Å². The summed E-state index contributed by atoms with van der Waals surface area (Å²) >= 11 is 0. The van der Waals surface area contributed by atoms with Crippen molar-refractivity contribution in [3.05, 3.63) is 56.9 Å². The van der Waals surface area contributed by atoms with E-state index in [1.807, 2.05) is 6.07 Å². The Balaban J connectivity index is 1.65. The summed E-state index contributed by atoms with van der Waals surface area (Å²) in [7, 11) is 0. The Morgan fingerprint density at radius 2 is 2.09 bits per heavy atom. The second-order valence-electron chi connectivity index (χ2n) is 8.14. The number of hydrogen-bond acceptors (Lipinski definition) is 8. The summed E-state index contributed by atoms with van der Waals surface area (Å²) in [6, 6.07) is 7.05. The molecule has 166 valence electrons. The van der Waals surface area contributed by atoms with Crippen molar-refractivity contribution in [1.29, 1.82) is 0 Å². The number of fused-ring (bicyclic) bond motifs is 5. The number of benzene rings is 1. The Hall–Kier alpha value is -3.27. The molecule has 5 rings (SSSR count).